The third kappa shape index (κ3) is 6.56. The van der Waals surface area contributed by atoms with E-state index >= 15 is 0 Å². The van der Waals surface area contributed by atoms with Crippen LogP contribution >= 0.6 is 0 Å². The van der Waals surface area contributed by atoms with Gasteiger partial charge in [0, 0.05) is 58.3 Å². The Balaban J connectivity index is 1.87. The molecule has 41 heavy (non-hydrogen) atoms. The van der Waals surface area contributed by atoms with Gasteiger partial charge in [-0.05, 0) is 40.9 Å². The summed E-state index contributed by atoms with van der Waals surface area (Å²) in [6.07, 6.45) is -0.697. The Bertz CT molecular complexity index is 1500. The van der Waals surface area contributed by atoms with Crippen molar-refractivity contribution >= 4 is 23.2 Å². The standard InChI is InChI=1S/C28H27FN8O4/c29-14-15-32-27(39)28(18-20-6-1-3-8-23(20)34-36-30)25(22-7-2-4-9-24(22)35-37-31)41-26(33-28)19-10-12-21(13-11-19)40-17-5-16-38/h1-4,6-13,25,38H,5,14-18H2,(H,32,39)/t25-,28-/m1/s1. The number of rotatable bonds is 13. The molecule has 2 N–H and O–H groups in total. The highest BCUT2D eigenvalue weighted by atomic mass is 19.1. The zero-order chi connectivity index (χ0) is 29.1. The number of carbonyl (C=O) groups is 1. The summed E-state index contributed by atoms with van der Waals surface area (Å²) in [5, 5.41) is 19.1. The van der Waals surface area contributed by atoms with Crippen molar-refractivity contribution in [3.63, 3.8) is 0 Å². The number of alkyl halides is 1. The molecule has 1 heterocycles. The molecule has 0 spiro atoms. The maximum absolute atomic E-state index is 13.9. The number of carbonyl (C=O) groups excluding carboxylic acids is 1. The second kappa shape index (κ2) is 13.8. The number of azide groups is 2. The highest BCUT2D eigenvalue weighted by Crippen LogP contribution is 2.46. The van der Waals surface area contributed by atoms with E-state index in [1.165, 1.54) is 0 Å². The van der Waals surface area contributed by atoms with E-state index in [9.17, 15) is 14.7 Å². The molecule has 1 aliphatic rings. The van der Waals surface area contributed by atoms with Gasteiger partial charge in [0.15, 0.2) is 11.6 Å². The summed E-state index contributed by atoms with van der Waals surface area (Å²) < 4.78 is 25.2. The lowest BCUT2D eigenvalue weighted by Crippen LogP contribution is -2.50. The fourth-order valence-corrected chi connectivity index (χ4v) is 4.52. The van der Waals surface area contributed by atoms with Gasteiger partial charge in [-0.2, -0.15) is 0 Å². The van der Waals surface area contributed by atoms with Gasteiger partial charge in [0.2, 0.25) is 5.90 Å². The number of aliphatic imine (C=N–C) groups is 1. The highest BCUT2D eigenvalue weighted by Gasteiger charge is 2.54. The Labute approximate surface area is 234 Å². The van der Waals surface area contributed by atoms with Crippen LogP contribution in [0.4, 0.5) is 15.8 Å². The van der Waals surface area contributed by atoms with Crippen molar-refractivity contribution < 1.29 is 23.8 Å². The maximum Gasteiger partial charge on any atom is 0.252 e. The van der Waals surface area contributed by atoms with Gasteiger partial charge in [-0.15, -0.1) is 0 Å². The molecule has 0 aromatic heterocycles. The molecule has 0 saturated carbocycles. The Morgan fingerprint density at radius 1 is 1.05 bits per heavy atom. The summed E-state index contributed by atoms with van der Waals surface area (Å²) in [6.45, 7) is -0.703. The number of nitrogens with one attached hydrogen (secondary N) is 1. The molecule has 1 aliphatic heterocycles. The lowest BCUT2D eigenvalue weighted by Gasteiger charge is -2.31. The number of aliphatic hydroxyl groups excluding tert-OH is 1. The van der Waals surface area contributed by atoms with Crippen LogP contribution in [0.25, 0.3) is 20.9 Å². The molecule has 13 heteroatoms. The molecule has 12 nitrogen and oxygen atoms in total. The van der Waals surface area contributed by atoms with Crippen LogP contribution in [-0.2, 0) is 16.0 Å². The smallest absolute Gasteiger partial charge is 0.252 e. The molecule has 210 valence electrons. The fraction of sp³-hybridized carbons (Fsp3) is 0.286. The first-order chi connectivity index (χ1) is 20.1. The first kappa shape index (κ1) is 28.9. The molecule has 4 rings (SSSR count). The van der Waals surface area contributed by atoms with E-state index in [2.05, 4.69) is 25.4 Å². The lowest BCUT2D eigenvalue weighted by atomic mass is 9.81. The van der Waals surface area contributed by atoms with E-state index < -0.39 is 24.2 Å². The Morgan fingerprint density at radius 2 is 1.73 bits per heavy atom. The molecule has 0 fully saturated rings. The molecule has 0 saturated heterocycles. The lowest BCUT2D eigenvalue weighted by molar-refractivity contribution is -0.129. The highest BCUT2D eigenvalue weighted by molar-refractivity contribution is 6.01. The van der Waals surface area contributed by atoms with Gasteiger partial charge < -0.3 is 19.9 Å². The van der Waals surface area contributed by atoms with Gasteiger partial charge in [0.1, 0.15) is 12.4 Å². The Hall–Kier alpha value is -5.09. The van der Waals surface area contributed by atoms with E-state index in [0.717, 1.165) is 0 Å². The second-order valence-electron chi connectivity index (χ2n) is 8.98. The molecular formula is C28H27FN8O4. The van der Waals surface area contributed by atoms with Crippen molar-refractivity contribution in [2.45, 2.75) is 24.5 Å². The first-order valence-electron chi connectivity index (χ1n) is 12.8. The molecule has 0 aliphatic carbocycles. The van der Waals surface area contributed by atoms with Crippen molar-refractivity contribution in [3.05, 3.63) is 110 Å². The van der Waals surface area contributed by atoms with E-state index in [0.29, 0.717) is 41.2 Å². The normalized spacial score (nSPS) is 17.4. The average molecular weight is 559 g/mol. The fourth-order valence-electron chi connectivity index (χ4n) is 4.52. The summed E-state index contributed by atoms with van der Waals surface area (Å²) in [4.78, 5) is 24.6. The van der Waals surface area contributed by atoms with E-state index in [1.54, 1.807) is 72.8 Å². The number of aliphatic hydroxyl groups is 1. The summed E-state index contributed by atoms with van der Waals surface area (Å²) in [6, 6.07) is 20.3. The molecular weight excluding hydrogens is 531 g/mol. The van der Waals surface area contributed by atoms with Gasteiger partial charge in [-0.1, -0.05) is 58.8 Å². The molecule has 0 radical (unpaired) electrons. The zero-order valence-electron chi connectivity index (χ0n) is 21.9. The quantitative estimate of drug-likeness (QED) is 0.115. The van der Waals surface area contributed by atoms with Crippen molar-refractivity contribution in [1.29, 1.82) is 0 Å². The Morgan fingerprint density at radius 3 is 2.44 bits per heavy atom. The number of halogens is 1. The number of nitrogens with zero attached hydrogens (tertiary/aromatic N) is 7. The number of amides is 1. The van der Waals surface area contributed by atoms with Crippen molar-refractivity contribution in [2.24, 2.45) is 15.2 Å². The van der Waals surface area contributed by atoms with Crippen molar-refractivity contribution in [3.8, 4) is 5.75 Å². The maximum atomic E-state index is 13.9. The van der Waals surface area contributed by atoms with Gasteiger partial charge in [-0.3, -0.25) is 4.79 Å². The predicted octanol–water partition coefficient (Wildman–Crippen LogP) is 5.92. The van der Waals surface area contributed by atoms with Crippen LogP contribution in [-0.4, -0.2) is 48.9 Å². The van der Waals surface area contributed by atoms with E-state index in [-0.39, 0.29) is 31.2 Å². The third-order valence-corrected chi connectivity index (χ3v) is 6.39. The van der Waals surface area contributed by atoms with E-state index in [4.69, 9.17) is 25.1 Å². The third-order valence-electron chi connectivity index (χ3n) is 6.39. The molecule has 2 atom stereocenters. The zero-order valence-corrected chi connectivity index (χ0v) is 21.9. The molecule has 3 aromatic rings. The monoisotopic (exact) mass is 558 g/mol. The minimum absolute atomic E-state index is 0.0107. The first-order valence-corrected chi connectivity index (χ1v) is 12.8. The minimum Gasteiger partial charge on any atom is -0.494 e. The average Bonchev–Trinajstić information content (AvgIpc) is 3.38. The summed E-state index contributed by atoms with van der Waals surface area (Å²) in [5.74, 6) is 0.0798. The van der Waals surface area contributed by atoms with Crippen LogP contribution in [0.2, 0.25) is 0 Å². The van der Waals surface area contributed by atoms with Gasteiger partial charge in [0.05, 0.1) is 6.61 Å². The number of hydrogen-bond donors (Lipinski definition) is 2. The summed E-state index contributed by atoms with van der Waals surface area (Å²) in [5.41, 5.74) is 18.6. The number of benzene rings is 3. The molecule has 0 unspecified atom stereocenters. The predicted molar refractivity (Wildman–Crippen MR) is 150 cm³/mol. The number of ether oxygens (including phenoxy) is 2. The van der Waals surface area contributed by atoms with Crippen molar-refractivity contribution in [2.75, 3.05) is 26.4 Å². The van der Waals surface area contributed by atoms with Crippen LogP contribution in [0, 0.1) is 0 Å². The summed E-state index contributed by atoms with van der Waals surface area (Å²) >= 11 is 0. The second-order valence-corrected chi connectivity index (χ2v) is 8.98. The van der Waals surface area contributed by atoms with Gasteiger partial charge in [0.25, 0.3) is 5.91 Å². The SMILES string of the molecule is [N-]=[N+]=Nc1ccccc1C[C@@]1(C(=O)NCCF)N=C(c2ccc(OCCCO)cc2)O[C@@H]1c1ccccc1N=[N+]=[N-]. The summed E-state index contributed by atoms with van der Waals surface area (Å²) in [7, 11) is 0. The number of hydrogen-bond acceptors (Lipinski definition) is 7. The Kier molecular flexibility index (Phi) is 9.74. The molecule has 1 amide bonds. The largest absolute Gasteiger partial charge is 0.494 e. The van der Waals surface area contributed by atoms with Crippen molar-refractivity contribution in [1.82, 2.24) is 5.32 Å². The van der Waals surface area contributed by atoms with E-state index in [1.807, 2.05) is 0 Å². The molecule has 3 aromatic carbocycles. The molecule has 0 bridgehead atoms. The van der Waals surface area contributed by atoms with Crippen LogP contribution in [0.3, 0.4) is 0 Å². The van der Waals surface area contributed by atoms with Crippen LogP contribution < -0.4 is 10.1 Å². The van der Waals surface area contributed by atoms with Crippen LogP contribution in [0.1, 0.15) is 29.2 Å². The van der Waals surface area contributed by atoms with Gasteiger partial charge in [-0.25, -0.2) is 9.38 Å². The minimum atomic E-state index is -1.71. The van der Waals surface area contributed by atoms with Crippen LogP contribution in [0.15, 0.2) is 88.0 Å². The van der Waals surface area contributed by atoms with Crippen LogP contribution in [0.5, 0.6) is 5.75 Å². The topological polar surface area (TPSA) is 178 Å². The van der Waals surface area contributed by atoms with Gasteiger partial charge >= 0.3 is 0 Å².